The van der Waals surface area contributed by atoms with Crippen LogP contribution in [-0.4, -0.2) is 37.1 Å². The van der Waals surface area contributed by atoms with Crippen LogP contribution < -0.4 is 4.90 Å². The van der Waals surface area contributed by atoms with Gasteiger partial charge in [-0.05, 0) is 19.1 Å². The number of ether oxygens (including phenoxy) is 1. The molecule has 1 aromatic heterocycles. The highest BCUT2D eigenvalue weighted by Crippen LogP contribution is 2.35. The first kappa shape index (κ1) is 20.0. The third-order valence-electron chi connectivity index (χ3n) is 4.89. The predicted molar refractivity (Wildman–Crippen MR) is 120 cm³/mol. The van der Waals surface area contributed by atoms with Crippen molar-refractivity contribution in [2.24, 2.45) is 0 Å². The molecule has 1 aliphatic rings. The SMILES string of the molecule is Cc1cccc(C(=O)/C(C#N)=C/c2sc(N3CCOCC3)nc2-c2ccccc2)c1. The highest BCUT2D eigenvalue weighted by molar-refractivity contribution is 7.17. The molecule has 0 amide bonds. The number of carbonyl (C=O) groups is 1. The average Bonchev–Trinajstić information content (AvgIpc) is 3.22. The molecule has 0 spiro atoms. The summed E-state index contributed by atoms with van der Waals surface area (Å²) >= 11 is 1.50. The van der Waals surface area contributed by atoms with Crippen molar-refractivity contribution < 1.29 is 9.53 Å². The number of benzene rings is 2. The summed E-state index contributed by atoms with van der Waals surface area (Å²) in [5.74, 6) is -0.276. The van der Waals surface area contributed by atoms with Gasteiger partial charge in [0.1, 0.15) is 11.6 Å². The molecule has 2 aromatic carbocycles. The third-order valence-corrected chi connectivity index (χ3v) is 5.95. The van der Waals surface area contributed by atoms with Crippen LogP contribution in [0.2, 0.25) is 0 Å². The first-order valence-corrected chi connectivity index (χ1v) is 10.6. The molecule has 0 aliphatic carbocycles. The summed E-state index contributed by atoms with van der Waals surface area (Å²) in [7, 11) is 0. The van der Waals surface area contributed by atoms with E-state index in [1.165, 1.54) is 11.3 Å². The Morgan fingerprint density at radius 1 is 1.17 bits per heavy atom. The smallest absolute Gasteiger partial charge is 0.203 e. The van der Waals surface area contributed by atoms with Crippen molar-refractivity contribution in [3.8, 4) is 17.3 Å². The highest BCUT2D eigenvalue weighted by Gasteiger charge is 2.20. The highest BCUT2D eigenvalue weighted by atomic mass is 32.1. The monoisotopic (exact) mass is 415 g/mol. The molecule has 4 rings (SSSR count). The summed E-state index contributed by atoms with van der Waals surface area (Å²) in [6.45, 7) is 4.82. The maximum atomic E-state index is 13.0. The minimum Gasteiger partial charge on any atom is -0.378 e. The lowest BCUT2D eigenvalue weighted by atomic mass is 10.0. The molecule has 30 heavy (non-hydrogen) atoms. The summed E-state index contributed by atoms with van der Waals surface area (Å²) in [5.41, 5.74) is 3.35. The number of hydrogen-bond acceptors (Lipinski definition) is 6. The first-order chi connectivity index (χ1) is 14.7. The number of allylic oxidation sites excluding steroid dienone is 1. The van der Waals surface area contributed by atoms with Crippen LogP contribution in [0.3, 0.4) is 0 Å². The number of rotatable bonds is 5. The topological polar surface area (TPSA) is 66.2 Å². The molecule has 1 saturated heterocycles. The molecule has 150 valence electrons. The quantitative estimate of drug-likeness (QED) is 0.342. The maximum absolute atomic E-state index is 13.0. The molecule has 0 bridgehead atoms. The van der Waals surface area contributed by atoms with Crippen molar-refractivity contribution in [3.05, 3.63) is 76.2 Å². The number of nitrogens with zero attached hydrogens (tertiary/aromatic N) is 3. The van der Waals surface area contributed by atoms with Crippen molar-refractivity contribution in [3.63, 3.8) is 0 Å². The Bertz CT molecular complexity index is 1120. The zero-order valence-corrected chi connectivity index (χ0v) is 17.5. The zero-order chi connectivity index (χ0) is 20.9. The Hall–Kier alpha value is -3.27. The first-order valence-electron chi connectivity index (χ1n) is 9.78. The predicted octanol–water partition coefficient (Wildman–Crippen LogP) is 4.75. The van der Waals surface area contributed by atoms with Crippen LogP contribution in [0.4, 0.5) is 5.13 Å². The Kier molecular flexibility index (Phi) is 6.03. The van der Waals surface area contributed by atoms with Gasteiger partial charge in [0.25, 0.3) is 0 Å². The van der Waals surface area contributed by atoms with Gasteiger partial charge < -0.3 is 9.64 Å². The van der Waals surface area contributed by atoms with E-state index in [9.17, 15) is 10.1 Å². The molecular weight excluding hydrogens is 394 g/mol. The average molecular weight is 416 g/mol. The van der Waals surface area contributed by atoms with Gasteiger partial charge in [0, 0.05) is 24.2 Å². The Morgan fingerprint density at radius 3 is 2.63 bits per heavy atom. The molecule has 0 unspecified atom stereocenters. The molecule has 0 radical (unpaired) electrons. The fraction of sp³-hybridized carbons (Fsp3) is 0.208. The molecule has 5 nitrogen and oxygen atoms in total. The summed E-state index contributed by atoms with van der Waals surface area (Å²) < 4.78 is 5.45. The van der Waals surface area contributed by atoms with Gasteiger partial charge >= 0.3 is 0 Å². The van der Waals surface area contributed by atoms with Crippen LogP contribution in [0.5, 0.6) is 0 Å². The third kappa shape index (κ3) is 4.33. The molecule has 2 heterocycles. The fourth-order valence-electron chi connectivity index (χ4n) is 3.33. The van der Waals surface area contributed by atoms with Crippen molar-refractivity contribution in [1.82, 2.24) is 4.98 Å². The van der Waals surface area contributed by atoms with Crippen molar-refractivity contribution >= 4 is 28.3 Å². The second-order valence-corrected chi connectivity index (χ2v) is 8.05. The molecular formula is C24H21N3O2S. The molecule has 0 atom stereocenters. The lowest BCUT2D eigenvalue weighted by Gasteiger charge is -2.26. The number of aryl methyl sites for hydroxylation is 1. The van der Waals surface area contributed by atoms with Gasteiger partial charge in [-0.2, -0.15) is 5.26 Å². The van der Waals surface area contributed by atoms with E-state index in [-0.39, 0.29) is 11.4 Å². The number of Topliss-reactive ketones (excluding diaryl/α,β-unsaturated/α-hetero) is 1. The molecule has 6 heteroatoms. The maximum Gasteiger partial charge on any atom is 0.203 e. The number of thiazole rings is 1. The number of carbonyl (C=O) groups excluding carboxylic acids is 1. The second kappa shape index (κ2) is 9.04. The molecule has 0 saturated carbocycles. The second-order valence-electron chi connectivity index (χ2n) is 7.04. The standard InChI is InChI=1S/C24H21N3O2S/c1-17-6-5-9-19(14-17)23(28)20(16-25)15-21-22(18-7-3-2-4-8-18)26-24(30-21)27-10-12-29-13-11-27/h2-9,14-15H,10-13H2,1H3/b20-15+. The molecule has 1 aliphatic heterocycles. The van der Waals surface area contributed by atoms with Gasteiger partial charge in [-0.25, -0.2) is 4.98 Å². The van der Waals surface area contributed by atoms with E-state index in [1.54, 1.807) is 18.2 Å². The molecule has 3 aromatic rings. The molecule has 0 N–H and O–H groups in total. The van der Waals surface area contributed by atoms with E-state index < -0.39 is 0 Å². The largest absolute Gasteiger partial charge is 0.378 e. The number of aromatic nitrogens is 1. The summed E-state index contributed by atoms with van der Waals surface area (Å²) in [6, 6.07) is 19.2. The minimum absolute atomic E-state index is 0.106. The van der Waals surface area contributed by atoms with Gasteiger partial charge in [0.2, 0.25) is 5.78 Å². The summed E-state index contributed by atoms with van der Waals surface area (Å²) in [5, 5.41) is 10.6. The number of anilines is 1. The van der Waals surface area contributed by atoms with Crippen molar-refractivity contribution in [1.29, 1.82) is 5.26 Å². The summed E-state index contributed by atoms with van der Waals surface area (Å²) in [4.78, 5) is 20.8. The van der Waals surface area contributed by atoms with Gasteiger partial charge in [-0.15, -0.1) is 0 Å². The Morgan fingerprint density at radius 2 is 1.93 bits per heavy atom. The number of morpholine rings is 1. The van der Waals surface area contributed by atoms with Gasteiger partial charge in [0.05, 0.1) is 23.8 Å². The minimum atomic E-state index is -0.276. The van der Waals surface area contributed by atoms with E-state index >= 15 is 0 Å². The van der Waals surface area contributed by atoms with Crippen LogP contribution in [-0.2, 0) is 4.74 Å². The van der Waals surface area contributed by atoms with E-state index in [4.69, 9.17) is 9.72 Å². The van der Waals surface area contributed by atoms with Crippen LogP contribution in [0.1, 0.15) is 20.8 Å². The van der Waals surface area contributed by atoms with E-state index in [0.29, 0.717) is 18.8 Å². The Labute approximate surface area is 179 Å². The van der Waals surface area contributed by atoms with Crippen LogP contribution in [0, 0.1) is 18.3 Å². The van der Waals surface area contributed by atoms with Gasteiger partial charge in [0.15, 0.2) is 5.13 Å². The molecule has 1 fully saturated rings. The van der Waals surface area contributed by atoms with Crippen molar-refractivity contribution in [2.45, 2.75) is 6.92 Å². The van der Waals surface area contributed by atoms with E-state index in [1.807, 2.05) is 49.4 Å². The van der Waals surface area contributed by atoms with Gasteiger partial charge in [-0.1, -0.05) is 65.4 Å². The zero-order valence-electron chi connectivity index (χ0n) is 16.7. The normalized spacial score (nSPS) is 14.4. The lowest BCUT2D eigenvalue weighted by molar-refractivity contribution is 0.104. The van der Waals surface area contributed by atoms with Crippen LogP contribution in [0.25, 0.3) is 17.3 Å². The number of ketones is 1. The fourth-order valence-corrected chi connectivity index (χ4v) is 4.41. The summed E-state index contributed by atoms with van der Waals surface area (Å²) in [6.07, 6.45) is 1.68. The lowest BCUT2D eigenvalue weighted by Crippen LogP contribution is -2.36. The van der Waals surface area contributed by atoms with E-state index in [0.717, 1.165) is 39.9 Å². The number of nitriles is 1. The Balaban J connectivity index is 1.76. The van der Waals surface area contributed by atoms with Crippen LogP contribution >= 0.6 is 11.3 Å². The van der Waals surface area contributed by atoms with Gasteiger partial charge in [-0.3, -0.25) is 4.79 Å². The van der Waals surface area contributed by atoms with E-state index in [2.05, 4.69) is 11.0 Å². The van der Waals surface area contributed by atoms with Crippen molar-refractivity contribution in [2.75, 3.05) is 31.2 Å². The van der Waals surface area contributed by atoms with Crippen LogP contribution in [0.15, 0.2) is 60.2 Å². The number of hydrogen-bond donors (Lipinski definition) is 0.